The lowest BCUT2D eigenvalue weighted by molar-refractivity contribution is -0.127. The Morgan fingerprint density at radius 1 is 1.38 bits per heavy atom. The Bertz CT molecular complexity index is 528. The molecular weight excluding hydrogens is 268 g/mol. The number of anilines is 1. The van der Waals surface area contributed by atoms with E-state index >= 15 is 0 Å². The van der Waals surface area contributed by atoms with Gasteiger partial charge in [0.2, 0.25) is 5.91 Å². The molecule has 1 aliphatic rings. The number of carbonyl (C=O) groups excluding carboxylic acids is 2. The average molecular weight is 290 g/mol. The van der Waals surface area contributed by atoms with Crippen LogP contribution in [0.2, 0.25) is 0 Å². The lowest BCUT2D eigenvalue weighted by atomic mass is 10.1. The van der Waals surface area contributed by atoms with Crippen molar-refractivity contribution in [2.45, 2.75) is 32.8 Å². The molecule has 1 aromatic rings. The Morgan fingerprint density at radius 3 is 2.81 bits per heavy atom. The summed E-state index contributed by atoms with van der Waals surface area (Å²) in [6.45, 7) is 4.44. The van der Waals surface area contributed by atoms with E-state index in [9.17, 15) is 9.59 Å². The normalized spacial score (nSPS) is 17.4. The number of amides is 2. The van der Waals surface area contributed by atoms with Crippen molar-refractivity contribution < 1.29 is 14.3 Å². The Kier molecular flexibility index (Phi) is 4.83. The van der Waals surface area contributed by atoms with E-state index in [2.05, 4.69) is 5.32 Å². The lowest BCUT2D eigenvalue weighted by Gasteiger charge is -2.31. The van der Waals surface area contributed by atoms with Crippen LogP contribution in [0.1, 0.15) is 26.7 Å². The van der Waals surface area contributed by atoms with E-state index in [0.717, 1.165) is 5.69 Å². The van der Waals surface area contributed by atoms with Crippen molar-refractivity contribution in [1.29, 1.82) is 0 Å². The molecule has 0 saturated heterocycles. The van der Waals surface area contributed by atoms with Crippen LogP contribution >= 0.6 is 0 Å². The molecule has 0 saturated carbocycles. The molecule has 0 aliphatic carbocycles. The fourth-order valence-electron chi connectivity index (χ4n) is 2.34. The monoisotopic (exact) mass is 290 g/mol. The molecule has 1 atom stereocenters. The van der Waals surface area contributed by atoms with Crippen LogP contribution in [-0.4, -0.2) is 31.5 Å². The number of hydrogen-bond acceptors (Lipinski definition) is 3. The largest absolute Gasteiger partial charge is 0.478 e. The maximum Gasteiger partial charge on any atom is 0.267 e. The van der Waals surface area contributed by atoms with Gasteiger partial charge < -0.3 is 15.0 Å². The Morgan fingerprint density at radius 2 is 2.10 bits per heavy atom. The summed E-state index contributed by atoms with van der Waals surface area (Å²) in [4.78, 5) is 25.4. The summed E-state index contributed by atoms with van der Waals surface area (Å²) in [7, 11) is 1.74. The fraction of sp³-hybridized carbons (Fsp3) is 0.500. The summed E-state index contributed by atoms with van der Waals surface area (Å²) in [5, 5.41) is 2.83. The maximum atomic E-state index is 12.2. The summed E-state index contributed by atoms with van der Waals surface area (Å²) in [6.07, 6.45) is 0.438. The highest BCUT2D eigenvalue weighted by Gasteiger charge is 2.31. The highest BCUT2D eigenvalue weighted by Crippen LogP contribution is 2.33. The zero-order chi connectivity index (χ0) is 15.4. The van der Waals surface area contributed by atoms with Crippen molar-refractivity contribution in [3.63, 3.8) is 0 Å². The van der Waals surface area contributed by atoms with Gasteiger partial charge in [-0.3, -0.25) is 9.59 Å². The summed E-state index contributed by atoms with van der Waals surface area (Å²) < 4.78 is 5.74. The molecule has 2 amide bonds. The molecule has 2 rings (SSSR count). The van der Waals surface area contributed by atoms with Crippen LogP contribution in [0, 0.1) is 5.92 Å². The minimum Gasteiger partial charge on any atom is -0.478 e. The zero-order valence-electron chi connectivity index (χ0n) is 12.8. The highest BCUT2D eigenvalue weighted by atomic mass is 16.5. The predicted molar refractivity (Wildman–Crippen MR) is 81.3 cm³/mol. The first kappa shape index (κ1) is 15.4. The molecule has 5 nitrogen and oxygen atoms in total. The number of benzene rings is 1. The topological polar surface area (TPSA) is 58.6 Å². The second-order valence-electron chi connectivity index (χ2n) is 5.71. The first-order chi connectivity index (χ1) is 9.99. The first-order valence-corrected chi connectivity index (χ1v) is 7.29. The van der Waals surface area contributed by atoms with Gasteiger partial charge in [0.15, 0.2) is 6.10 Å². The second kappa shape index (κ2) is 6.61. The molecule has 0 aromatic heterocycles. The molecule has 0 radical (unpaired) electrons. The SMILES string of the molecule is CC(C)CC(=O)NCCC1Oc2ccccc2N(C)C1=O. The number of likely N-dealkylation sites (N-methyl/N-ethyl adjacent to an activating group) is 1. The van der Waals surface area contributed by atoms with E-state index in [4.69, 9.17) is 4.74 Å². The van der Waals surface area contributed by atoms with Crippen LogP contribution in [-0.2, 0) is 9.59 Å². The first-order valence-electron chi connectivity index (χ1n) is 7.29. The number of fused-ring (bicyclic) bond motifs is 1. The smallest absolute Gasteiger partial charge is 0.267 e. The van der Waals surface area contributed by atoms with Crippen LogP contribution in [0.15, 0.2) is 24.3 Å². The van der Waals surface area contributed by atoms with Crippen molar-refractivity contribution >= 4 is 17.5 Å². The van der Waals surface area contributed by atoms with Gasteiger partial charge in [0.1, 0.15) is 5.75 Å². The Labute approximate surface area is 125 Å². The van der Waals surface area contributed by atoms with Crippen molar-refractivity contribution in [3.8, 4) is 5.75 Å². The molecule has 5 heteroatoms. The van der Waals surface area contributed by atoms with Gasteiger partial charge in [0, 0.05) is 26.4 Å². The van der Waals surface area contributed by atoms with Gasteiger partial charge in [-0.25, -0.2) is 0 Å². The van der Waals surface area contributed by atoms with Gasteiger partial charge in [0.05, 0.1) is 5.69 Å². The molecule has 21 heavy (non-hydrogen) atoms. The Balaban J connectivity index is 1.90. The minimum atomic E-state index is -0.538. The number of nitrogens with one attached hydrogen (secondary N) is 1. The van der Waals surface area contributed by atoms with Crippen molar-refractivity contribution in [1.82, 2.24) is 5.32 Å². The van der Waals surface area contributed by atoms with Gasteiger partial charge in [-0.15, -0.1) is 0 Å². The quantitative estimate of drug-likeness (QED) is 0.902. The third-order valence-electron chi connectivity index (χ3n) is 3.42. The molecular formula is C16H22N2O3. The Hall–Kier alpha value is -2.04. The highest BCUT2D eigenvalue weighted by molar-refractivity contribution is 5.99. The van der Waals surface area contributed by atoms with Gasteiger partial charge in [-0.2, -0.15) is 0 Å². The van der Waals surface area contributed by atoms with Crippen molar-refractivity contribution in [3.05, 3.63) is 24.3 Å². The zero-order valence-corrected chi connectivity index (χ0v) is 12.8. The molecule has 1 heterocycles. The van der Waals surface area contributed by atoms with Gasteiger partial charge in [-0.1, -0.05) is 26.0 Å². The third-order valence-corrected chi connectivity index (χ3v) is 3.42. The predicted octanol–water partition coefficient (Wildman–Crippen LogP) is 1.96. The van der Waals surface area contributed by atoms with Crippen LogP contribution in [0.3, 0.4) is 0 Å². The molecule has 1 N–H and O–H groups in total. The minimum absolute atomic E-state index is 0.0158. The van der Waals surface area contributed by atoms with Gasteiger partial charge >= 0.3 is 0 Å². The number of hydrogen-bond donors (Lipinski definition) is 1. The molecule has 1 aliphatic heterocycles. The number of ether oxygens (including phenoxy) is 1. The lowest BCUT2D eigenvalue weighted by Crippen LogP contribution is -2.45. The van der Waals surface area contributed by atoms with E-state index in [1.165, 1.54) is 0 Å². The van der Waals surface area contributed by atoms with Crippen molar-refractivity contribution in [2.75, 3.05) is 18.5 Å². The molecule has 0 spiro atoms. The molecule has 1 aromatic carbocycles. The number of para-hydroxylation sites is 2. The second-order valence-corrected chi connectivity index (χ2v) is 5.71. The molecule has 1 unspecified atom stereocenters. The van der Waals surface area contributed by atoms with E-state index < -0.39 is 6.10 Å². The van der Waals surface area contributed by atoms with Gasteiger partial charge in [-0.05, 0) is 18.1 Å². The van der Waals surface area contributed by atoms with E-state index in [1.54, 1.807) is 11.9 Å². The molecule has 0 bridgehead atoms. The third kappa shape index (κ3) is 3.74. The number of carbonyl (C=O) groups is 2. The summed E-state index contributed by atoms with van der Waals surface area (Å²) in [5.74, 6) is 0.975. The van der Waals surface area contributed by atoms with Crippen LogP contribution in [0.4, 0.5) is 5.69 Å². The number of rotatable bonds is 5. The van der Waals surface area contributed by atoms with E-state index in [1.807, 2.05) is 38.1 Å². The summed E-state index contributed by atoms with van der Waals surface area (Å²) >= 11 is 0. The maximum absolute atomic E-state index is 12.2. The average Bonchev–Trinajstić information content (AvgIpc) is 2.43. The van der Waals surface area contributed by atoms with Crippen LogP contribution in [0.25, 0.3) is 0 Å². The summed E-state index contributed by atoms with van der Waals surface area (Å²) in [6, 6.07) is 7.46. The van der Waals surface area contributed by atoms with Gasteiger partial charge in [0.25, 0.3) is 5.91 Å². The number of nitrogens with zero attached hydrogens (tertiary/aromatic N) is 1. The standard InChI is InChI=1S/C16H22N2O3/c1-11(2)10-15(19)17-9-8-14-16(20)18(3)12-6-4-5-7-13(12)21-14/h4-7,11,14H,8-10H2,1-3H3,(H,17,19). The molecule has 0 fully saturated rings. The van der Waals surface area contributed by atoms with Crippen LogP contribution in [0.5, 0.6) is 5.75 Å². The van der Waals surface area contributed by atoms with E-state index in [0.29, 0.717) is 31.1 Å². The summed E-state index contributed by atoms with van der Waals surface area (Å²) in [5.41, 5.74) is 0.780. The van der Waals surface area contributed by atoms with E-state index in [-0.39, 0.29) is 11.8 Å². The van der Waals surface area contributed by atoms with Crippen molar-refractivity contribution in [2.24, 2.45) is 5.92 Å². The fourth-order valence-corrected chi connectivity index (χ4v) is 2.34. The van der Waals surface area contributed by atoms with Crippen LogP contribution < -0.4 is 15.0 Å². The molecule has 114 valence electrons.